The van der Waals surface area contributed by atoms with Gasteiger partial charge in [-0.05, 0) is 42.3 Å². The minimum atomic E-state index is -0.396. The summed E-state index contributed by atoms with van der Waals surface area (Å²) in [6.45, 7) is 3.41. The van der Waals surface area contributed by atoms with Crippen LogP contribution in [0, 0.1) is 12.7 Å². The van der Waals surface area contributed by atoms with Crippen molar-refractivity contribution in [3.8, 4) is 0 Å². The summed E-state index contributed by atoms with van der Waals surface area (Å²) in [7, 11) is 0. The molecule has 5 heteroatoms. The fourth-order valence-corrected chi connectivity index (χ4v) is 1.93. The quantitative estimate of drug-likeness (QED) is 0.912. The first-order valence-corrected chi connectivity index (χ1v) is 6.86. The van der Waals surface area contributed by atoms with E-state index in [0.29, 0.717) is 17.8 Å². The standard InChI is InChI=1S/C17H17FN2O2/c1-11-3-6-14(9-16(11)18)17(22)19-10-13-4-7-15(8-5-13)20-12(2)21/h3-9H,10H2,1-2H3,(H,19,22)(H,20,21). The molecule has 2 rings (SSSR count). The third-order valence-electron chi connectivity index (χ3n) is 3.16. The predicted molar refractivity (Wildman–Crippen MR) is 83.1 cm³/mol. The van der Waals surface area contributed by atoms with E-state index >= 15 is 0 Å². The number of nitrogens with one attached hydrogen (secondary N) is 2. The van der Waals surface area contributed by atoms with Crippen molar-refractivity contribution < 1.29 is 14.0 Å². The smallest absolute Gasteiger partial charge is 0.251 e. The molecular weight excluding hydrogens is 283 g/mol. The Bertz CT molecular complexity index is 696. The van der Waals surface area contributed by atoms with Gasteiger partial charge in [0.1, 0.15) is 5.82 Å². The van der Waals surface area contributed by atoms with Gasteiger partial charge >= 0.3 is 0 Å². The van der Waals surface area contributed by atoms with Crippen LogP contribution in [0.1, 0.15) is 28.4 Å². The first-order chi connectivity index (χ1) is 10.5. The molecule has 2 amide bonds. The van der Waals surface area contributed by atoms with Crippen LogP contribution >= 0.6 is 0 Å². The zero-order valence-electron chi connectivity index (χ0n) is 12.4. The molecule has 0 unspecified atom stereocenters. The van der Waals surface area contributed by atoms with Crippen LogP contribution in [0.4, 0.5) is 10.1 Å². The number of amides is 2. The molecule has 0 fully saturated rings. The third-order valence-corrected chi connectivity index (χ3v) is 3.16. The molecule has 0 atom stereocenters. The number of hydrogen-bond donors (Lipinski definition) is 2. The highest BCUT2D eigenvalue weighted by molar-refractivity contribution is 5.94. The molecule has 0 bridgehead atoms. The maximum atomic E-state index is 13.4. The van der Waals surface area contributed by atoms with Crippen molar-refractivity contribution in [3.63, 3.8) is 0 Å². The predicted octanol–water partition coefficient (Wildman–Crippen LogP) is 3.02. The minimum Gasteiger partial charge on any atom is -0.348 e. The van der Waals surface area contributed by atoms with E-state index in [-0.39, 0.29) is 17.4 Å². The largest absolute Gasteiger partial charge is 0.348 e. The number of carbonyl (C=O) groups is 2. The molecule has 0 heterocycles. The molecule has 0 aliphatic carbocycles. The third kappa shape index (κ3) is 4.15. The lowest BCUT2D eigenvalue weighted by Gasteiger charge is -2.07. The lowest BCUT2D eigenvalue weighted by atomic mass is 10.1. The molecule has 2 aromatic rings. The molecule has 0 aliphatic heterocycles. The fourth-order valence-electron chi connectivity index (χ4n) is 1.93. The molecule has 4 nitrogen and oxygen atoms in total. The zero-order valence-corrected chi connectivity index (χ0v) is 12.4. The highest BCUT2D eigenvalue weighted by atomic mass is 19.1. The Morgan fingerprint density at radius 3 is 2.36 bits per heavy atom. The van der Waals surface area contributed by atoms with Gasteiger partial charge in [-0.3, -0.25) is 9.59 Å². The number of carbonyl (C=O) groups excluding carboxylic acids is 2. The topological polar surface area (TPSA) is 58.2 Å². The minimum absolute atomic E-state index is 0.137. The van der Waals surface area contributed by atoms with E-state index in [0.717, 1.165) is 5.56 Å². The molecule has 0 saturated heterocycles. The first kappa shape index (κ1) is 15.7. The highest BCUT2D eigenvalue weighted by Crippen LogP contribution is 2.11. The molecule has 22 heavy (non-hydrogen) atoms. The van der Waals surface area contributed by atoms with E-state index in [2.05, 4.69) is 10.6 Å². The van der Waals surface area contributed by atoms with Gasteiger partial charge in [0.25, 0.3) is 5.91 Å². The highest BCUT2D eigenvalue weighted by Gasteiger charge is 2.07. The number of halogens is 1. The molecule has 2 aromatic carbocycles. The average Bonchev–Trinajstić information content (AvgIpc) is 2.48. The van der Waals surface area contributed by atoms with E-state index in [4.69, 9.17) is 0 Å². The average molecular weight is 300 g/mol. The van der Waals surface area contributed by atoms with Crippen LogP contribution in [0.15, 0.2) is 42.5 Å². The van der Waals surface area contributed by atoms with Crippen molar-refractivity contribution in [3.05, 3.63) is 65.0 Å². The molecule has 0 aromatic heterocycles. The van der Waals surface area contributed by atoms with Gasteiger partial charge in [0.05, 0.1) is 0 Å². The summed E-state index contributed by atoms with van der Waals surface area (Å²) in [4.78, 5) is 22.9. The van der Waals surface area contributed by atoms with Gasteiger partial charge in [-0.15, -0.1) is 0 Å². The van der Waals surface area contributed by atoms with Crippen LogP contribution in [0.2, 0.25) is 0 Å². The first-order valence-electron chi connectivity index (χ1n) is 6.86. The molecule has 0 saturated carbocycles. The van der Waals surface area contributed by atoms with Crippen molar-refractivity contribution >= 4 is 17.5 Å². The maximum Gasteiger partial charge on any atom is 0.251 e. The molecular formula is C17H17FN2O2. The summed E-state index contributed by atoms with van der Waals surface area (Å²) in [6, 6.07) is 11.5. The van der Waals surface area contributed by atoms with Crippen molar-refractivity contribution in [2.75, 3.05) is 5.32 Å². The summed E-state index contributed by atoms with van der Waals surface area (Å²) < 4.78 is 13.4. The van der Waals surface area contributed by atoms with E-state index in [1.165, 1.54) is 13.0 Å². The summed E-state index contributed by atoms with van der Waals surface area (Å²) in [5.74, 6) is -0.861. The lowest BCUT2D eigenvalue weighted by Crippen LogP contribution is -2.23. The Morgan fingerprint density at radius 1 is 1.09 bits per heavy atom. The van der Waals surface area contributed by atoms with E-state index in [1.54, 1.807) is 43.3 Å². The van der Waals surface area contributed by atoms with Gasteiger partial charge in [-0.25, -0.2) is 4.39 Å². The fraction of sp³-hybridized carbons (Fsp3) is 0.176. The van der Waals surface area contributed by atoms with Crippen LogP contribution in [0.25, 0.3) is 0 Å². The lowest BCUT2D eigenvalue weighted by molar-refractivity contribution is -0.114. The van der Waals surface area contributed by atoms with E-state index < -0.39 is 5.82 Å². The Morgan fingerprint density at radius 2 is 1.77 bits per heavy atom. The molecule has 114 valence electrons. The van der Waals surface area contributed by atoms with E-state index in [1.807, 2.05) is 0 Å². The SMILES string of the molecule is CC(=O)Nc1ccc(CNC(=O)c2ccc(C)c(F)c2)cc1. The van der Waals surface area contributed by atoms with Crippen LogP contribution in [0.5, 0.6) is 0 Å². The molecule has 0 radical (unpaired) electrons. The number of benzene rings is 2. The van der Waals surface area contributed by atoms with Crippen LogP contribution in [-0.4, -0.2) is 11.8 Å². The van der Waals surface area contributed by atoms with Gasteiger partial charge in [0.2, 0.25) is 5.91 Å². The summed E-state index contributed by atoms with van der Waals surface area (Å²) in [5, 5.41) is 5.40. The summed E-state index contributed by atoms with van der Waals surface area (Å²) >= 11 is 0. The maximum absolute atomic E-state index is 13.4. The van der Waals surface area contributed by atoms with Gasteiger partial charge < -0.3 is 10.6 Å². The second kappa shape index (κ2) is 6.85. The molecule has 0 aliphatic rings. The molecule has 2 N–H and O–H groups in total. The van der Waals surface area contributed by atoms with Crippen molar-refractivity contribution in [1.82, 2.24) is 5.32 Å². The van der Waals surface area contributed by atoms with Crippen molar-refractivity contribution in [1.29, 1.82) is 0 Å². The van der Waals surface area contributed by atoms with Crippen LogP contribution in [0.3, 0.4) is 0 Å². The van der Waals surface area contributed by atoms with E-state index in [9.17, 15) is 14.0 Å². The van der Waals surface area contributed by atoms with Crippen molar-refractivity contribution in [2.24, 2.45) is 0 Å². The Kier molecular flexibility index (Phi) is 4.88. The number of anilines is 1. The van der Waals surface area contributed by atoms with Gasteiger partial charge in [0, 0.05) is 24.7 Å². The monoisotopic (exact) mass is 300 g/mol. The second-order valence-corrected chi connectivity index (χ2v) is 5.02. The van der Waals surface area contributed by atoms with Gasteiger partial charge in [-0.1, -0.05) is 18.2 Å². The molecule has 0 spiro atoms. The Labute approximate surface area is 128 Å². The van der Waals surface area contributed by atoms with Crippen molar-refractivity contribution in [2.45, 2.75) is 20.4 Å². The van der Waals surface area contributed by atoms with Crippen LogP contribution < -0.4 is 10.6 Å². The zero-order chi connectivity index (χ0) is 16.1. The Hall–Kier alpha value is -2.69. The summed E-state index contributed by atoms with van der Waals surface area (Å²) in [6.07, 6.45) is 0. The number of aryl methyl sites for hydroxylation is 1. The number of hydrogen-bond acceptors (Lipinski definition) is 2. The summed E-state index contributed by atoms with van der Waals surface area (Å²) in [5.41, 5.74) is 2.38. The van der Waals surface area contributed by atoms with Gasteiger partial charge in [0.15, 0.2) is 0 Å². The number of rotatable bonds is 4. The second-order valence-electron chi connectivity index (χ2n) is 5.02. The van der Waals surface area contributed by atoms with Crippen LogP contribution in [-0.2, 0) is 11.3 Å². The van der Waals surface area contributed by atoms with Gasteiger partial charge in [-0.2, -0.15) is 0 Å². The Balaban J connectivity index is 1.95. The normalized spacial score (nSPS) is 10.1.